The molecule has 86 valence electrons. The molecule has 1 saturated heterocycles. The lowest BCUT2D eigenvalue weighted by Gasteiger charge is -2.19. The predicted octanol–water partition coefficient (Wildman–Crippen LogP) is 2.71. The molecule has 1 heterocycles. The summed E-state index contributed by atoms with van der Waals surface area (Å²) >= 11 is 0. The van der Waals surface area contributed by atoms with E-state index in [1.54, 1.807) is 12.1 Å². The Balaban J connectivity index is 2.06. The fraction of sp³-hybridized carbons (Fsp3) is 0.462. The lowest BCUT2D eigenvalue weighted by Crippen LogP contribution is -2.23. The van der Waals surface area contributed by atoms with Crippen LogP contribution < -0.4 is 0 Å². The van der Waals surface area contributed by atoms with E-state index in [4.69, 9.17) is 9.47 Å². The highest BCUT2D eigenvalue weighted by atomic mass is 16.6. The molecule has 0 bridgehead atoms. The summed E-state index contributed by atoms with van der Waals surface area (Å²) in [5.41, 5.74) is 1.25. The van der Waals surface area contributed by atoms with Gasteiger partial charge in [-0.15, -0.1) is 0 Å². The molecular formula is C13H16O3. The minimum absolute atomic E-state index is 0.229. The summed E-state index contributed by atoms with van der Waals surface area (Å²) in [5, 5.41) is 0. The summed E-state index contributed by atoms with van der Waals surface area (Å²) in [5.74, 6) is -0.282. The summed E-state index contributed by atoms with van der Waals surface area (Å²) < 4.78 is 10.4. The molecule has 0 spiro atoms. The van der Waals surface area contributed by atoms with Crippen LogP contribution in [0.5, 0.6) is 0 Å². The van der Waals surface area contributed by atoms with E-state index in [0.29, 0.717) is 5.56 Å². The van der Waals surface area contributed by atoms with Gasteiger partial charge in [-0.05, 0) is 38.5 Å². The third-order valence-electron chi connectivity index (χ3n) is 2.25. The van der Waals surface area contributed by atoms with E-state index in [2.05, 4.69) is 0 Å². The molecular weight excluding hydrogens is 204 g/mol. The summed E-state index contributed by atoms with van der Waals surface area (Å²) in [6.07, 6.45) is 0.229. The highest BCUT2D eigenvalue weighted by Crippen LogP contribution is 2.29. The van der Waals surface area contributed by atoms with Gasteiger partial charge in [-0.2, -0.15) is 0 Å². The standard InChI is InChI=1S/C13H16O3/c1-13(2,3)16-12(14)10-6-4-9(5-7-10)11-8-15-11/h4-7,11H,8H2,1-3H3. The van der Waals surface area contributed by atoms with Crippen molar-refractivity contribution in [1.82, 2.24) is 0 Å². The average molecular weight is 220 g/mol. The average Bonchev–Trinajstić information content (AvgIpc) is 2.98. The van der Waals surface area contributed by atoms with Gasteiger partial charge in [-0.25, -0.2) is 4.79 Å². The molecule has 1 aromatic rings. The molecule has 2 rings (SSSR count). The summed E-state index contributed by atoms with van der Waals surface area (Å²) in [6.45, 7) is 6.36. The van der Waals surface area contributed by atoms with Crippen LogP contribution in [0, 0.1) is 0 Å². The van der Waals surface area contributed by atoms with E-state index in [0.717, 1.165) is 12.2 Å². The molecule has 0 radical (unpaired) electrons. The first-order chi connectivity index (χ1) is 7.46. The van der Waals surface area contributed by atoms with Gasteiger partial charge in [-0.3, -0.25) is 0 Å². The lowest BCUT2D eigenvalue weighted by atomic mass is 10.1. The van der Waals surface area contributed by atoms with Crippen LogP contribution in [0.2, 0.25) is 0 Å². The van der Waals surface area contributed by atoms with Crippen LogP contribution in [-0.4, -0.2) is 18.2 Å². The molecule has 0 N–H and O–H groups in total. The third-order valence-corrected chi connectivity index (χ3v) is 2.25. The van der Waals surface area contributed by atoms with E-state index in [1.807, 2.05) is 32.9 Å². The van der Waals surface area contributed by atoms with Gasteiger partial charge in [0.15, 0.2) is 0 Å². The zero-order valence-electron chi connectivity index (χ0n) is 9.82. The SMILES string of the molecule is CC(C)(C)OC(=O)c1ccc(C2CO2)cc1. The van der Waals surface area contributed by atoms with E-state index in [-0.39, 0.29) is 12.1 Å². The second-order valence-corrected chi connectivity index (χ2v) is 4.95. The quantitative estimate of drug-likeness (QED) is 0.568. The van der Waals surface area contributed by atoms with E-state index in [9.17, 15) is 4.79 Å². The second kappa shape index (κ2) is 3.91. The maximum atomic E-state index is 11.7. The number of esters is 1. The molecule has 1 unspecified atom stereocenters. The molecule has 3 heteroatoms. The Hall–Kier alpha value is -1.35. The number of rotatable bonds is 2. The van der Waals surface area contributed by atoms with E-state index < -0.39 is 5.60 Å². The highest BCUT2D eigenvalue weighted by molar-refractivity contribution is 5.89. The minimum Gasteiger partial charge on any atom is -0.456 e. The van der Waals surface area contributed by atoms with Crippen LogP contribution in [-0.2, 0) is 9.47 Å². The van der Waals surface area contributed by atoms with Crippen molar-refractivity contribution < 1.29 is 14.3 Å². The Labute approximate surface area is 95.4 Å². The number of carbonyl (C=O) groups is 1. The van der Waals surface area contributed by atoms with E-state index in [1.165, 1.54) is 0 Å². The third kappa shape index (κ3) is 2.83. The van der Waals surface area contributed by atoms with Gasteiger partial charge < -0.3 is 9.47 Å². The van der Waals surface area contributed by atoms with Crippen LogP contribution in [0.15, 0.2) is 24.3 Å². The monoisotopic (exact) mass is 220 g/mol. The molecule has 1 aromatic carbocycles. The van der Waals surface area contributed by atoms with Crippen LogP contribution >= 0.6 is 0 Å². The number of hydrogen-bond donors (Lipinski definition) is 0. The summed E-state index contributed by atoms with van der Waals surface area (Å²) in [4.78, 5) is 11.7. The Bertz CT molecular complexity index is 383. The second-order valence-electron chi connectivity index (χ2n) is 4.95. The van der Waals surface area contributed by atoms with Crippen molar-refractivity contribution in [3.05, 3.63) is 35.4 Å². The fourth-order valence-electron chi connectivity index (χ4n) is 1.41. The first-order valence-electron chi connectivity index (χ1n) is 5.41. The van der Waals surface area contributed by atoms with Crippen molar-refractivity contribution in [1.29, 1.82) is 0 Å². The number of hydrogen-bond acceptors (Lipinski definition) is 3. The zero-order valence-corrected chi connectivity index (χ0v) is 9.82. The molecule has 3 nitrogen and oxygen atoms in total. The molecule has 0 aliphatic carbocycles. The highest BCUT2D eigenvalue weighted by Gasteiger charge is 2.25. The van der Waals surface area contributed by atoms with Crippen LogP contribution in [0.25, 0.3) is 0 Å². The maximum absolute atomic E-state index is 11.7. The first kappa shape index (κ1) is 11.1. The number of benzene rings is 1. The normalized spacial score (nSPS) is 19.3. The number of ether oxygens (including phenoxy) is 2. The Morgan fingerprint density at radius 3 is 2.31 bits per heavy atom. The van der Waals surface area contributed by atoms with Crippen LogP contribution in [0.4, 0.5) is 0 Å². The molecule has 1 aliphatic rings. The van der Waals surface area contributed by atoms with Gasteiger partial charge >= 0.3 is 5.97 Å². The topological polar surface area (TPSA) is 38.8 Å². The molecule has 0 amide bonds. The Morgan fingerprint density at radius 2 is 1.88 bits per heavy atom. The van der Waals surface area contributed by atoms with Crippen LogP contribution in [0.1, 0.15) is 42.8 Å². The molecule has 1 atom stereocenters. The van der Waals surface area contributed by atoms with Crippen molar-refractivity contribution in [3.63, 3.8) is 0 Å². The van der Waals surface area contributed by atoms with Crippen molar-refractivity contribution in [2.24, 2.45) is 0 Å². The molecule has 0 saturated carbocycles. The van der Waals surface area contributed by atoms with Crippen molar-refractivity contribution in [2.75, 3.05) is 6.61 Å². The lowest BCUT2D eigenvalue weighted by molar-refractivity contribution is 0.00695. The summed E-state index contributed by atoms with van der Waals surface area (Å²) in [7, 11) is 0. The first-order valence-corrected chi connectivity index (χ1v) is 5.41. The van der Waals surface area contributed by atoms with Gasteiger partial charge in [0.1, 0.15) is 11.7 Å². The molecule has 0 aromatic heterocycles. The predicted molar refractivity (Wildman–Crippen MR) is 60.3 cm³/mol. The summed E-state index contributed by atoms with van der Waals surface area (Å²) in [6, 6.07) is 7.39. The van der Waals surface area contributed by atoms with E-state index >= 15 is 0 Å². The molecule has 16 heavy (non-hydrogen) atoms. The number of carbonyl (C=O) groups excluding carboxylic acids is 1. The minimum atomic E-state index is -0.449. The maximum Gasteiger partial charge on any atom is 0.338 e. The number of epoxide rings is 1. The Morgan fingerprint density at radius 1 is 1.31 bits per heavy atom. The Kier molecular flexibility index (Phi) is 2.72. The van der Waals surface area contributed by atoms with Gasteiger partial charge in [0.2, 0.25) is 0 Å². The zero-order chi connectivity index (χ0) is 11.8. The van der Waals surface area contributed by atoms with Crippen molar-refractivity contribution in [2.45, 2.75) is 32.5 Å². The smallest absolute Gasteiger partial charge is 0.338 e. The van der Waals surface area contributed by atoms with Crippen LogP contribution in [0.3, 0.4) is 0 Å². The molecule has 1 aliphatic heterocycles. The van der Waals surface area contributed by atoms with Gasteiger partial charge in [0, 0.05) is 0 Å². The van der Waals surface area contributed by atoms with Gasteiger partial charge in [0.05, 0.1) is 12.2 Å². The molecule has 1 fully saturated rings. The van der Waals surface area contributed by atoms with Crippen molar-refractivity contribution in [3.8, 4) is 0 Å². The van der Waals surface area contributed by atoms with Gasteiger partial charge in [-0.1, -0.05) is 12.1 Å². The fourth-order valence-corrected chi connectivity index (χ4v) is 1.41. The van der Waals surface area contributed by atoms with Crippen molar-refractivity contribution >= 4 is 5.97 Å². The van der Waals surface area contributed by atoms with Gasteiger partial charge in [0.25, 0.3) is 0 Å². The largest absolute Gasteiger partial charge is 0.456 e.